The first-order chi connectivity index (χ1) is 12.6. The molecule has 0 fully saturated rings. The number of carbonyl (C=O) groups is 3. The summed E-state index contributed by atoms with van der Waals surface area (Å²) in [6.45, 7) is -1.04. The minimum atomic E-state index is -0.702. The predicted molar refractivity (Wildman–Crippen MR) is 91.6 cm³/mol. The molecule has 0 amide bonds. The van der Waals surface area contributed by atoms with Gasteiger partial charge in [-0.1, -0.05) is 24.3 Å². The Labute approximate surface area is 150 Å². The number of methoxy groups -OCH3 is 2. The lowest BCUT2D eigenvalue weighted by Gasteiger charge is -2.09. The van der Waals surface area contributed by atoms with Gasteiger partial charge in [0.25, 0.3) is 0 Å². The van der Waals surface area contributed by atoms with Crippen LogP contribution in [0.1, 0.15) is 20.7 Å². The molecule has 0 aliphatic rings. The number of carbonyl (C=O) groups excluding carboxylic acids is 3. The molecule has 0 aliphatic carbocycles. The van der Waals surface area contributed by atoms with Gasteiger partial charge in [-0.3, -0.25) is 4.79 Å². The van der Waals surface area contributed by atoms with Gasteiger partial charge in [0.1, 0.15) is 22.6 Å². The summed E-state index contributed by atoms with van der Waals surface area (Å²) < 4.78 is 20.0. The van der Waals surface area contributed by atoms with Crippen LogP contribution in [0.4, 0.5) is 0 Å². The van der Waals surface area contributed by atoms with Gasteiger partial charge in [0.2, 0.25) is 5.78 Å². The van der Waals surface area contributed by atoms with Crippen LogP contribution in [0.15, 0.2) is 48.5 Å². The fourth-order valence-corrected chi connectivity index (χ4v) is 2.12. The molecule has 0 atom stereocenters. The van der Waals surface area contributed by atoms with Gasteiger partial charge in [0, 0.05) is 0 Å². The minimum Gasteiger partial charge on any atom is -0.496 e. The zero-order valence-electron chi connectivity index (χ0n) is 14.4. The average Bonchev–Trinajstić information content (AvgIpc) is 2.69. The smallest absolute Gasteiger partial charge is 0.342 e. The number of rotatable bonds is 8. The van der Waals surface area contributed by atoms with E-state index in [2.05, 4.69) is 0 Å². The Bertz CT molecular complexity index is 732. The summed E-state index contributed by atoms with van der Waals surface area (Å²) in [6.07, 6.45) is 0. The van der Waals surface area contributed by atoms with Crippen molar-refractivity contribution in [3.8, 4) is 11.5 Å². The third-order valence-corrected chi connectivity index (χ3v) is 3.38. The van der Waals surface area contributed by atoms with Crippen molar-refractivity contribution in [1.82, 2.24) is 0 Å². The van der Waals surface area contributed by atoms with Crippen LogP contribution in [0.25, 0.3) is 0 Å². The van der Waals surface area contributed by atoms with Gasteiger partial charge in [-0.25, -0.2) is 9.59 Å². The van der Waals surface area contributed by atoms with Crippen molar-refractivity contribution in [3.63, 3.8) is 0 Å². The second-order valence-corrected chi connectivity index (χ2v) is 5.09. The van der Waals surface area contributed by atoms with Gasteiger partial charge in [-0.15, -0.1) is 0 Å². The highest BCUT2D eigenvalue weighted by Crippen LogP contribution is 2.19. The highest BCUT2D eigenvalue weighted by molar-refractivity contribution is 5.96. The van der Waals surface area contributed by atoms with Crippen LogP contribution in [0.2, 0.25) is 0 Å². The fourth-order valence-electron chi connectivity index (χ4n) is 2.12. The van der Waals surface area contributed by atoms with Crippen molar-refractivity contribution in [1.29, 1.82) is 0 Å². The van der Waals surface area contributed by atoms with Gasteiger partial charge in [-0.05, 0) is 24.3 Å². The molecule has 0 radical (unpaired) electrons. The van der Waals surface area contributed by atoms with Gasteiger partial charge in [0.05, 0.1) is 14.2 Å². The first-order valence-corrected chi connectivity index (χ1v) is 7.68. The highest BCUT2D eigenvalue weighted by Gasteiger charge is 2.17. The van der Waals surface area contributed by atoms with E-state index in [9.17, 15) is 14.4 Å². The maximum Gasteiger partial charge on any atom is 0.342 e. The van der Waals surface area contributed by atoms with Gasteiger partial charge >= 0.3 is 11.9 Å². The molecule has 0 unspecified atom stereocenters. The summed E-state index contributed by atoms with van der Waals surface area (Å²) in [5, 5.41) is 0. The highest BCUT2D eigenvalue weighted by atomic mass is 16.6. The molecule has 0 heterocycles. The predicted octanol–water partition coefficient (Wildman–Crippen LogP) is 2.29. The van der Waals surface area contributed by atoms with E-state index in [1.165, 1.54) is 26.4 Å². The van der Waals surface area contributed by atoms with Crippen LogP contribution >= 0.6 is 0 Å². The first-order valence-electron chi connectivity index (χ1n) is 7.68. The van der Waals surface area contributed by atoms with E-state index in [0.717, 1.165) is 0 Å². The fraction of sp³-hybridized carbons (Fsp3) is 0.211. The normalized spacial score (nSPS) is 9.92. The SMILES string of the molecule is COc1ccccc1C(=O)OCC(=O)COC(=O)c1ccccc1OC. The Morgan fingerprint density at radius 1 is 0.692 bits per heavy atom. The molecule has 2 aromatic rings. The average molecular weight is 358 g/mol. The Balaban J connectivity index is 1.85. The minimum absolute atomic E-state index is 0.203. The van der Waals surface area contributed by atoms with Crippen molar-refractivity contribution in [2.24, 2.45) is 0 Å². The number of ketones is 1. The standard InChI is InChI=1S/C19H18O7/c1-23-16-9-5-3-7-14(16)18(21)25-11-13(20)12-26-19(22)15-8-4-6-10-17(15)24-2/h3-10H,11-12H2,1-2H3. The van der Waals surface area contributed by atoms with Crippen LogP contribution in [-0.2, 0) is 14.3 Å². The second kappa shape index (κ2) is 9.22. The second-order valence-electron chi connectivity index (χ2n) is 5.09. The van der Waals surface area contributed by atoms with Gasteiger partial charge in [-0.2, -0.15) is 0 Å². The van der Waals surface area contributed by atoms with Crippen LogP contribution < -0.4 is 9.47 Å². The van der Waals surface area contributed by atoms with Crippen molar-refractivity contribution in [2.45, 2.75) is 0 Å². The molecule has 0 aliphatic heterocycles. The lowest BCUT2D eigenvalue weighted by Crippen LogP contribution is -2.21. The molecular weight excluding hydrogens is 340 g/mol. The topological polar surface area (TPSA) is 88.1 Å². The van der Waals surface area contributed by atoms with E-state index in [0.29, 0.717) is 11.5 Å². The van der Waals surface area contributed by atoms with Crippen LogP contribution in [0, 0.1) is 0 Å². The Morgan fingerprint density at radius 2 is 1.08 bits per heavy atom. The molecule has 26 heavy (non-hydrogen) atoms. The van der Waals surface area contributed by atoms with Crippen molar-refractivity contribution in [3.05, 3.63) is 59.7 Å². The summed E-state index contributed by atoms with van der Waals surface area (Å²) in [4.78, 5) is 35.8. The monoisotopic (exact) mass is 358 g/mol. The van der Waals surface area contributed by atoms with Gasteiger partial charge in [0.15, 0.2) is 13.2 Å². The maximum absolute atomic E-state index is 12.0. The number of esters is 2. The van der Waals surface area contributed by atoms with E-state index in [1.807, 2.05) is 0 Å². The van der Waals surface area contributed by atoms with Crippen molar-refractivity contribution >= 4 is 17.7 Å². The quantitative estimate of drug-likeness (QED) is 0.669. The molecule has 0 saturated carbocycles. The Morgan fingerprint density at radius 3 is 1.46 bits per heavy atom. The zero-order valence-corrected chi connectivity index (χ0v) is 14.4. The lowest BCUT2D eigenvalue weighted by molar-refractivity contribution is -0.125. The maximum atomic E-state index is 12.0. The number of para-hydroxylation sites is 2. The van der Waals surface area contributed by atoms with Crippen LogP contribution in [0.5, 0.6) is 11.5 Å². The number of ether oxygens (including phenoxy) is 4. The molecule has 0 aromatic heterocycles. The number of Topliss-reactive ketones (excluding diaryl/α,β-unsaturated/α-hetero) is 1. The Hall–Kier alpha value is -3.35. The Kier molecular flexibility index (Phi) is 6.73. The third-order valence-electron chi connectivity index (χ3n) is 3.38. The summed E-state index contributed by atoms with van der Waals surface area (Å²) in [6, 6.07) is 13.0. The molecule has 2 aromatic carbocycles. The van der Waals surface area contributed by atoms with E-state index in [1.54, 1.807) is 36.4 Å². The van der Waals surface area contributed by atoms with E-state index < -0.39 is 30.9 Å². The number of hydrogen-bond acceptors (Lipinski definition) is 7. The van der Waals surface area contributed by atoms with E-state index in [-0.39, 0.29) is 11.1 Å². The number of hydrogen-bond donors (Lipinski definition) is 0. The summed E-state index contributed by atoms with van der Waals surface area (Å²) in [5.74, 6) is -1.28. The molecule has 0 spiro atoms. The molecule has 7 heteroatoms. The molecular formula is C19H18O7. The summed E-state index contributed by atoms with van der Waals surface area (Å²) in [7, 11) is 2.85. The zero-order chi connectivity index (χ0) is 18.9. The largest absolute Gasteiger partial charge is 0.496 e. The number of benzene rings is 2. The van der Waals surface area contributed by atoms with Crippen LogP contribution in [0.3, 0.4) is 0 Å². The first kappa shape index (κ1) is 19.0. The molecule has 0 bridgehead atoms. The molecule has 136 valence electrons. The van der Waals surface area contributed by atoms with Crippen LogP contribution in [-0.4, -0.2) is 45.2 Å². The summed E-state index contributed by atoms with van der Waals surface area (Å²) >= 11 is 0. The van der Waals surface area contributed by atoms with E-state index >= 15 is 0 Å². The third kappa shape index (κ3) is 4.83. The molecule has 0 N–H and O–H groups in total. The van der Waals surface area contributed by atoms with Gasteiger partial charge < -0.3 is 18.9 Å². The lowest BCUT2D eigenvalue weighted by atomic mass is 10.2. The molecule has 0 saturated heterocycles. The summed E-state index contributed by atoms with van der Waals surface area (Å²) in [5.41, 5.74) is 0.405. The van der Waals surface area contributed by atoms with Crippen molar-refractivity contribution in [2.75, 3.05) is 27.4 Å². The van der Waals surface area contributed by atoms with E-state index in [4.69, 9.17) is 18.9 Å². The molecule has 7 nitrogen and oxygen atoms in total. The molecule has 2 rings (SSSR count). The van der Waals surface area contributed by atoms with Crippen molar-refractivity contribution < 1.29 is 33.3 Å².